The first-order valence-corrected chi connectivity index (χ1v) is 4.76. The topological polar surface area (TPSA) is 49.3 Å². The number of hydrogen-bond donors (Lipinski definition) is 2. The quantitative estimate of drug-likeness (QED) is 0.681. The summed E-state index contributed by atoms with van der Waals surface area (Å²) in [5.41, 5.74) is 0. The summed E-state index contributed by atoms with van der Waals surface area (Å²) in [5, 5.41) is 12.0. The number of aliphatic carboxylic acids is 1. The number of rotatable bonds is 1. The molecule has 2 aliphatic rings. The van der Waals surface area contributed by atoms with Crippen LogP contribution in [0.25, 0.3) is 0 Å². The van der Waals surface area contributed by atoms with Crippen LogP contribution in [0, 0.1) is 5.92 Å². The summed E-state index contributed by atoms with van der Waals surface area (Å²) < 4.78 is 0. The van der Waals surface area contributed by atoms with Gasteiger partial charge in [-0.05, 0) is 25.2 Å². The lowest BCUT2D eigenvalue weighted by Crippen LogP contribution is -2.36. The minimum atomic E-state index is -0.676. The molecule has 2 fully saturated rings. The van der Waals surface area contributed by atoms with Crippen molar-refractivity contribution >= 4 is 18.4 Å². The summed E-state index contributed by atoms with van der Waals surface area (Å²) in [6, 6.07) is 0.234. The molecule has 0 radical (unpaired) electrons. The fraction of sp³-hybridized carbons (Fsp3) is 0.889. The van der Waals surface area contributed by atoms with Crippen LogP contribution in [-0.4, -0.2) is 23.2 Å². The second-order valence-electron chi connectivity index (χ2n) is 3.94. The maximum Gasteiger partial charge on any atom is 0.320 e. The standard InChI is InChI=1S/C9H15NO2.ClH/c11-9(12)8-5-6-3-1-2-4-7(6)10-8;/h6-8,10H,1-5H2,(H,11,12);1H/t6?,7-,8?;/m0./s1. The van der Waals surface area contributed by atoms with Crippen LogP contribution in [0.2, 0.25) is 0 Å². The van der Waals surface area contributed by atoms with Crippen molar-refractivity contribution < 1.29 is 9.90 Å². The SMILES string of the molecule is Cl.O=C(O)C1CC2CCCC[C@@H]2N1. The first-order chi connectivity index (χ1) is 5.77. The van der Waals surface area contributed by atoms with E-state index in [1.807, 2.05) is 0 Å². The highest BCUT2D eigenvalue weighted by Crippen LogP contribution is 2.32. The van der Waals surface area contributed by atoms with Crippen molar-refractivity contribution in [1.29, 1.82) is 0 Å². The Balaban J connectivity index is 0.000000845. The maximum atomic E-state index is 10.7. The molecule has 0 spiro atoms. The van der Waals surface area contributed by atoms with Gasteiger partial charge in [-0.25, -0.2) is 0 Å². The molecule has 0 aromatic rings. The predicted octanol–water partition coefficient (Wildman–Crippen LogP) is 1.41. The maximum absolute atomic E-state index is 10.7. The number of carbonyl (C=O) groups is 1. The third-order valence-electron chi connectivity index (χ3n) is 3.16. The second kappa shape index (κ2) is 4.29. The van der Waals surface area contributed by atoms with Crippen molar-refractivity contribution in [1.82, 2.24) is 5.32 Å². The lowest BCUT2D eigenvalue weighted by molar-refractivity contribution is -0.139. The number of fused-ring (bicyclic) bond motifs is 1. The van der Waals surface area contributed by atoms with E-state index in [-0.39, 0.29) is 18.4 Å². The van der Waals surface area contributed by atoms with E-state index in [9.17, 15) is 4.79 Å². The number of halogens is 1. The molecule has 0 amide bonds. The van der Waals surface area contributed by atoms with Crippen LogP contribution < -0.4 is 5.32 Å². The molecule has 4 heteroatoms. The Morgan fingerprint density at radius 2 is 2.00 bits per heavy atom. The Labute approximate surface area is 84.3 Å². The summed E-state index contributed by atoms with van der Waals surface area (Å²) >= 11 is 0. The zero-order chi connectivity index (χ0) is 8.55. The average Bonchev–Trinajstić information content (AvgIpc) is 2.46. The smallest absolute Gasteiger partial charge is 0.320 e. The zero-order valence-corrected chi connectivity index (χ0v) is 8.35. The highest BCUT2D eigenvalue weighted by molar-refractivity contribution is 5.85. The number of carboxylic acid groups (broad SMARTS) is 1. The van der Waals surface area contributed by atoms with Gasteiger partial charge in [-0.15, -0.1) is 12.4 Å². The molecule has 0 bridgehead atoms. The summed E-state index contributed by atoms with van der Waals surface area (Å²) in [6.07, 6.45) is 5.80. The minimum Gasteiger partial charge on any atom is -0.480 e. The van der Waals surface area contributed by atoms with Crippen molar-refractivity contribution in [2.24, 2.45) is 5.92 Å². The Hall–Kier alpha value is -0.280. The summed E-state index contributed by atoms with van der Waals surface area (Å²) in [4.78, 5) is 10.7. The average molecular weight is 206 g/mol. The van der Waals surface area contributed by atoms with Gasteiger partial charge in [-0.3, -0.25) is 4.79 Å². The Morgan fingerprint density at radius 3 is 2.62 bits per heavy atom. The van der Waals surface area contributed by atoms with Crippen molar-refractivity contribution in [2.75, 3.05) is 0 Å². The van der Waals surface area contributed by atoms with Gasteiger partial charge in [0.2, 0.25) is 0 Å². The third kappa shape index (κ3) is 2.15. The molecule has 3 nitrogen and oxygen atoms in total. The molecule has 1 heterocycles. The van der Waals surface area contributed by atoms with Crippen molar-refractivity contribution in [3.05, 3.63) is 0 Å². The minimum absolute atomic E-state index is 0. The van der Waals surface area contributed by atoms with Gasteiger partial charge in [0.15, 0.2) is 0 Å². The molecule has 1 aliphatic carbocycles. The molecule has 1 aliphatic heterocycles. The van der Waals surface area contributed by atoms with E-state index >= 15 is 0 Å². The Bertz CT molecular complexity index is 184. The molecule has 76 valence electrons. The molecule has 13 heavy (non-hydrogen) atoms. The van der Waals surface area contributed by atoms with Crippen molar-refractivity contribution in [2.45, 2.75) is 44.2 Å². The van der Waals surface area contributed by atoms with Crippen LogP contribution in [0.4, 0.5) is 0 Å². The Morgan fingerprint density at radius 1 is 1.31 bits per heavy atom. The van der Waals surface area contributed by atoms with Crippen molar-refractivity contribution in [3.8, 4) is 0 Å². The molecular weight excluding hydrogens is 190 g/mol. The molecule has 1 saturated carbocycles. The predicted molar refractivity (Wildman–Crippen MR) is 52.2 cm³/mol. The number of nitrogens with one attached hydrogen (secondary N) is 1. The monoisotopic (exact) mass is 205 g/mol. The second-order valence-corrected chi connectivity index (χ2v) is 3.94. The number of hydrogen-bond acceptors (Lipinski definition) is 2. The van der Waals surface area contributed by atoms with Crippen LogP contribution in [0.5, 0.6) is 0 Å². The van der Waals surface area contributed by atoms with E-state index < -0.39 is 5.97 Å². The molecule has 2 rings (SSSR count). The van der Waals surface area contributed by atoms with Crippen LogP contribution in [-0.2, 0) is 4.79 Å². The van der Waals surface area contributed by atoms with Gasteiger partial charge in [0, 0.05) is 6.04 Å². The Kier molecular flexibility index (Phi) is 3.56. The number of carboxylic acids is 1. The highest BCUT2D eigenvalue weighted by atomic mass is 35.5. The fourth-order valence-corrected chi connectivity index (χ4v) is 2.51. The zero-order valence-electron chi connectivity index (χ0n) is 7.53. The molecule has 0 aromatic carbocycles. The largest absolute Gasteiger partial charge is 0.480 e. The molecular formula is C9H16ClNO2. The first-order valence-electron chi connectivity index (χ1n) is 4.76. The molecule has 1 saturated heterocycles. The molecule has 2 unspecified atom stereocenters. The summed E-state index contributed by atoms with van der Waals surface area (Å²) in [7, 11) is 0. The van der Waals surface area contributed by atoms with E-state index in [4.69, 9.17) is 5.11 Å². The van der Waals surface area contributed by atoms with Gasteiger partial charge in [0.25, 0.3) is 0 Å². The van der Waals surface area contributed by atoms with E-state index in [0.29, 0.717) is 12.0 Å². The van der Waals surface area contributed by atoms with Gasteiger partial charge in [0.05, 0.1) is 0 Å². The van der Waals surface area contributed by atoms with Crippen LogP contribution >= 0.6 is 12.4 Å². The molecule has 2 N–H and O–H groups in total. The lowest BCUT2D eigenvalue weighted by Gasteiger charge is -2.24. The normalized spacial score (nSPS) is 37.7. The fourth-order valence-electron chi connectivity index (χ4n) is 2.51. The van der Waals surface area contributed by atoms with Gasteiger partial charge >= 0.3 is 5.97 Å². The van der Waals surface area contributed by atoms with Gasteiger partial charge in [-0.1, -0.05) is 12.8 Å². The third-order valence-corrected chi connectivity index (χ3v) is 3.16. The van der Waals surface area contributed by atoms with Crippen LogP contribution in [0.3, 0.4) is 0 Å². The van der Waals surface area contributed by atoms with Gasteiger partial charge in [0.1, 0.15) is 6.04 Å². The molecule has 3 atom stereocenters. The van der Waals surface area contributed by atoms with Crippen molar-refractivity contribution in [3.63, 3.8) is 0 Å². The van der Waals surface area contributed by atoms with E-state index in [1.54, 1.807) is 0 Å². The van der Waals surface area contributed by atoms with E-state index in [1.165, 1.54) is 25.7 Å². The first kappa shape index (κ1) is 10.8. The van der Waals surface area contributed by atoms with Crippen LogP contribution in [0.15, 0.2) is 0 Å². The molecule has 0 aromatic heterocycles. The van der Waals surface area contributed by atoms with E-state index in [0.717, 1.165) is 6.42 Å². The van der Waals surface area contributed by atoms with Gasteiger partial charge < -0.3 is 10.4 Å². The van der Waals surface area contributed by atoms with Gasteiger partial charge in [-0.2, -0.15) is 0 Å². The lowest BCUT2D eigenvalue weighted by atomic mass is 9.85. The van der Waals surface area contributed by atoms with E-state index in [2.05, 4.69) is 5.32 Å². The summed E-state index contributed by atoms with van der Waals surface area (Å²) in [6.45, 7) is 0. The highest BCUT2D eigenvalue weighted by Gasteiger charge is 2.37. The summed E-state index contributed by atoms with van der Waals surface area (Å²) in [5.74, 6) is -0.0377. The van der Waals surface area contributed by atoms with Crippen LogP contribution in [0.1, 0.15) is 32.1 Å².